The molecule has 2 aromatic rings. The molecule has 3 nitrogen and oxygen atoms in total. The Labute approximate surface area is 109 Å². The molecule has 1 heterocycles. The number of aromatic nitrogens is 2. The van der Waals surface area contributed by atoms with Crippen LogP contribution >= 0.6 is 15.9 Å². The Hall–Kier alpha value is -0.870. The summed E-state index contributed by atoms with van der Waals surface area (Å²) in [6.07, 6.45) is 4.84. The number of nitrogens with two attached hydrogens (primary N) is 1. The van der Waals surface area contributed by atoms with Crippen LogP contribution in [0.3, 0.4) is 0 Å². The molecule has 1 aliphatic rings. The molecule has 0 unspecified atom stereocenters. The van der Waals surface area contributed by atoms with Gasteiger partial charge in [-0.05, 0) is 31.0 Å². The molecule has 17 heavy (non-hydrogen) atoms. The predicted molar refractivity (Wildman–Crippen MR) is 73.0 cm³/mol. The molecule has 0 atom stereocenters. The minimum atomic E-state index is 0.0888. The maximum absolute atomic E-state index is 5.98. The van der Waals surface area contributed by atoms with Crippen LogP contribution in [0.1, 0.15) is 31.5 Å². The van der Waals surface area contributed by atoms with Gasteiger partial charge in [-0.15, -0.1) is 0 Å². The smallest absolute Gasteiger partial charge is 0.114 e. The zero-order valence-corrected chi connectivity index (χ0v) is 11.3. The monoisotopic (exact) mass is 293 g/mol. The van der Waals surface area contributed by atoms with Gasteiger partial charge in [0.15, 0.2) is 0 Å². The van der Waals surface area contributed by atoms with Crippen LogP contribution in [0.15, 0.2) is 22.7 Å². The van der Waals surface area contributed by atoms with Crippen molar-refractivity contribution < 1.29 is 0 Å². The van der Waals surface area contributed by atoms with Crippen molar-refractivity contribution in [3.05, 3.63) is 28.5 Å². The topological polar surface area (TPSA) is 54.7 Å². The van der Waals surface area contributed by atoms with Gasteiger partial charge >= 0.3 is 0 Å². The summed E-state index contributed by atoms with van der Waals surface area (Å²) >= 11 is 3.48. The standard InChI is InChI=1S/C13H16BrN3/c14-9-3-4-10-11(7-9)17-12(16-10)13(8-15)5-1-2-6-13/h3-4,7H,1-2,5-6,8,15H2,(H,16,17). The maximum Gasteiger partial charge on any atom is 0.114 e. The first-order valence-electron chi connectivity index (χ1n) is 6.09. The minimum absolute atomic E-state index is 0.0888. The maximum atomic E-state index is 5.98. The Balaban J connectivity index is 2.11. The molecule has 3 rings (SSSR count). The third-order valence-electron chi connectivity index (χ3n) is 3.90. The summed E-state index contributed by atoms with van der Waals surface area (Å²) < 4.78 is 1.08. The summed E-state index contributed by atoms with van der Waals surface area (Å²) in [6.45, 7) is 0.688. The van der Waals surface area contributed by atoms with E-state index in [1.807, 2.05) is 12.1 Å². The van der Waals surface area contributed by atoms with E-state index in [9.17, 15) is 0 Å². The third kappa shape index (κ3) is 1.79. The number of imidazole rings is 1. The number of hydrogen-bond acceptors (Lipinski definition) is 2. The van der Waals surface area contributed by atoms with Crippen molar-refractivity contribution in [3.63, 3.8) is 0 Å². The van der Waals surface area contributed by atoms with Crippen LogP contribution in [0, 0.1) is 0 Å². The van der Waals surface area contributed by atoms with E-state index in [-0.39, 0.29) is 5.41 Å². The number of fused-ring (bicyclic) bond motifs is 1. The SMILES string of the molecule is NCC1(c2nc3ccc(Br)cc3[nH]2)CCCC1. The number of rotatable bonds is 2. The fourth-order valence-corrected chi connectivity index (χ4v) is 3.18. The fourth-order valence-electron chi connectivity index (χ4n) is 2.82. The van der Waals surface area contributed by atoms with E-state index in [0.29, 0.717) is 6.54 Å². The lowest BCUT2D eigenvalue weighted by molar-refractivity contribution is 0.430. The van der Waals surface area contributed by atoms with E-state index < -0.39 is 0 Å². The Morgan fingerprint density at radius 2 is 2.12 bits per heavy atom. The molecule has 0 bridgehead atoms. The molecule has 0 radical (unpaired) electrons. The summed E-state index contributed by atoms with van der Waals surface area (Å²) in [6, 6.07) is 6.14. The van der Waals surface area contributed by atoms with Gasteiger partial charge in [-0.1, -0.05) is 28.8 Å². The van der Waals surface area contributed by atoms with Gasteiger partial charge in [0.2, 0.25) is 0 Å². The van der Waals surface area contributed by atoms with Gasteiger partial charge in [-0.3, -0.25) is 0 Å². The van der Waals surface area contributed by atoms with Gasteiger partial charge in [-0.25, -0.2) is 4.98 Å². The fraction of sp³-hybridized carbons (Fsp3) is 0.462. The highest BCUT2D eigenvalue weighted by Crippen LogP contribution is 2.39. The van der Waals surface area contributed by atoms with Crippen molar-refractivity contribution in [1.82, 2.24) is 9.97 Å². The molecule has 1 aromatic heterocycles. The first-order valence-corrected chi connectivity index (χ1v) is 6.89. The molecule has 1 aliphatic carbocycles. The van der Waals surface area contributed by atoms with Crippen molar-refractivity contribution in [3.8, 4) is 0 Å². The lowest BCUT2D eigenvalue weighted by Gasteiger charge is -2.24. The molecule has 1 fully saturated rings. The molecule has 0 aliphatic heterocycles. The second-order valence-corrected chi connectivity index (χ2v) is 5.85. The average Bonchev–Trinajstić information content (AvgIpc) is 2.94. The van der Waals surface area contributed by atoms with E-state index in [4.69, 9.17) is 10.7 Å². The lowest BCUT2D eigenvalue weighted by Crippen LogP contribution is -2.33. The van der Waals surface area contributed by atoms with Crippen LogP contribution in [-0.4, -0.2) is 16.5 Å². The van der Waals surface area contributed by atoms with E-state index in [1.165, 1.54) is 12.8 Å². The van der Waals surface area contributed by atoms with Crippen LogP contribution in [0.25, 0.3) is 11.0 Å². The number of hydrogen-bond donors (Lipinski definition) is 2. The molecule has 90 valence electrons. The average molecular weight is 294 g/mol. The van der Waals surface area contributed by atoms with Crippen LogP contribution in [0.5, 0.6) is 0 Å². The quantitative estimate of drug-likeness (QED) is 0.894. The van der Waals surface area contributed by atoms with Crippen LogP contribution < -0.4 is 5.73 Å². The number of H-pyrrole nitrogens is 1. The molecule has 1 aromatic carbocycles. The summed E-state index contributed by atoms with van der Waals surface area (Å²) in [4.78, 5) is 8.17. The number of halogens is 1. The first-order chi connectivity index (χ1) is 8.23. The van der Waals surface area contributed by atoms with Crippen molar-refractivity contribution in [1.29, 1.82) is 0 Å². The zero-order valence-electron chi connectivity index (χ0n) is 9.67. The Bertz CT molecular complexity index is 541. The Kier molecular flexibility index (Phi) is 2.71. The van der Waals surface area contributed by atoms with Gasteiger partial charge in [0.25, 0.3) is 0 Å². The highest BCUT2D eigenvalue weighted by atomic mass is 79.9. The molecule has 0 spiro atoms. The molecule has 4 heteroatoms. The zero-order chi connectivity index (χ0) is 11.9. The summed E-state index contributed by atoms with van der Waals surface area (Å²) in [5.74, 6) is 1.07. The van der Waals surface area contributed by atoms with Crippen LogP contribution in [0.2, 0.25) is 0 Å². The molecule has 0 amide bonds. The van der Waals surface area contributed by atoms with Crippen LogP contribution in [-0.2, 0) is 5.41 Å². The number of nitrogens with one attached hydrogen (secondary N) is 1. The highest BCUT2D eigenvalue weighted by Gasteiger charge is 2.37. The van der Waals surface area contributed by atoms with Gasteiger partial charge in [0.1, 0.15) is 5.82 Å². The van der Waals surface area contributed by atoms with Gasteiger partial charge < -0.3 is 10.7 Å². The molecular formula is C13H16BrN3. The van der Waals surface area contributed by atoms with Crippen molar-refractivity contribution >= 4 is 27.0 Å². The second-order valence-electron chi connectivity index (χ2n) is 4.94. The highest BCUT2D eigenvalue weighted by molar-refractivity contribution is 9.10. The van der Waals surface area contributed by atoms with Crippen molar-refractivity contribution in [2.24, 2.45) is 5.73 Å². The Morgan fingerprint density at radius 1 is 1.35 bits per heavy atom. The summed E-state index contributed by atoms with van der Waals surface area (Å²) in [5, 5.41) is 0. The van der Waals surface area contributed by atoms with Crippen molar-refractivity contribution in [2.75, 3.05) is 6.54 Å². The molecule has 0 saturated heterocycles. The number of aromatic amines is 1. The Morgan fingerprint density at radius 3 is 2.82 bits per heavy atom. The largest absolute Gasteiger partial charge is 0.341 e. The van der Waals surface area contributed by atoms with Crippen LogP contribution in [0.4, 0.5) is 0 Å². The van der Waals surface area contributed by atoms with Gasteiger partial charge in [0, 0.05) is 16.4 Å². The van der Waals surface area contributed by atoms with E-state index in [0.717, 1.165) is 34.2 Å². The van der Waals surface area contributed by atoms with E-state index in [1.54, 1.807) is 0 Å². The first kappa shape index (κ1) is 11.2. The normalized spacial score (nSPS) is 18.9. The van der Waals surface area contributed by atoms with E-state index in [2.05, 4.69) is 27.0 Å². The van der Waals surface area contributed by atoms with Gasteiger partial charge in [-0.2, -0.15) is 0 Å². The second kappa shape index (κ2) is 4.10. The minimum Gasteiger partial charge on any atom is -0.341 e. The van der Waals surface area contributed by atoms with Crippen molar-refractivity contribution in [2.45, 2.75) is 31.1 Å². The lowest BCUT2D eigenvalue weighted by atomic mass is 9.85. The van der Waals surface area contributed by atoms with E-state index >= 15 is 0 Å². The predicted octanol–water partition coefficient (Wildman–Crippen LogP) is 3.10. The molecule has 3 N–H and O–H groups in total. The molecule has 1 saturated carbocycles. The summed E-state index contributed by atoms with van der Waals surface area (Å²) in [5.41, 5.74) is 8.19. The summed E-state index contributed by atoms with van der Waals surface area (Å²) in [7, 11) is 0. The molecular weight excluding hydrogens is 278 g/mol. The van der Waals surface area contributed by atoms with Gasteiger partial charge in [0.05, 0.1) is 11.0 Å². The third-order valence-corrected chi connectivity index (χ3v) is 4.39. The number of benzene rings is 1. The number of nitrogens with zero attached hydrogens (tertiary/aromatic N) is 1.